The molecule has 0 radical (unpaired) electrons. The molecule has 2 aromatic rings. The first kappa shape index (κ1) is 16.6. The number of thiophene rings is 1. The highest BCUT2D eigenvalue weighted by atomic mass is 32.2. The van der Waals surface area contributed by atoms with Crippen LogP contribution in [0.4, 0.5) is 0 Å². The molecular formula is C18H21NO2S2. The summed E-state index contributed by atoms with van der Waals surface area (Å²) in [5, 5.41) is 15.8. The van der Waals surface area contributed by atoms with Crippen molar-refractivity contribution in [2.45, 2.75) is 24.2 Å². The number of hydrogen-bond acceptors (Lipinski definition) is 4. The van der Waals surface area contributed by atoms with Crippen LogP contribution in [0, 0.1) is 5.92 Å². The molecule has 5 heteroatoms. The van der Waals surface area contributed by atoms with Gasteiger partial charge in [-0.1, -0.05) is 36.4 Å². The Morgan fingerprint density at radius 3 is 2.70 bits per heavy atom. The highest BCUT2D eigenvalue weighted by Crippen LogP contribution is 2.46. The van der Waals surface area contributed by atoms with Gasteiger partial charge >= 0.3 is 0 Å². The lowest BCUT2D eigenvalue weighted by Crippen LogP contribution is -2.42. The third-order valence-electron chi connectivity index (χ3n) is 4.10. The van der Waals surface area contributed by atoms with Crippen LogP contribution in [0.5, 0.6) is 0 Å². The van der Waals surface area contributed by atoms with Crippen molar-refractivity contribution in [1.29, 1.82) is 0 Å². The van der Waals surface area contributed by atoms with Crippen molar-refractivity contribution in [3.05, 3.63) is 58.3 Å². The number of aliphatic hydroxyl groups is 1. The van der Waals surface area contributed by atoms with E-state index in [4.69, 9.17) is 0 Å². The molecule has 0 bridgehead atoms. The first-order valence-corrected chi connectivity index (χ1v) is 9.86. The van der Waals surface area contributed by atoms with Gasteiger partial charge in [0.2, 0.25) is 5.91 Å². The Morgan fingerprint density at radius 2 is 2.04 bits per heavy atom. The molecular weight excluding hydrogens is 326 g/mol. The van der Waals surface area contributed by atoms with Crippen molar-refractivity contribution >= 4 is 29.0 Å². The van der Waals surface area contributed by atoms with Crippen LogP contribution in [0.3, 0.4) is 0 Å². The zero-order valence-corrected chi connectivity index (χ0v) is 14.5. The van der Waals surface area contributed by atoms with Crippen LogP contribution in [0.2, 0.25) is 0 Å². The summed E-state index contributed by atoms with van der Waals surface area (Å²) < 4.78 is 0. The van der Waals surface area contributed by atoms with E-state index in [1.807, 2.05) is 35.7 Å². The van der Waals surface area contributed by atoms with Crippen molar-refractivity contribution < 1.29 is 9.90 Å². The number of rotatable bonds is 8. The summed E-state index contributed by atoms with van der Waals surface area (Å²) in [6, 6.07) is 14.0. The fraction of sp³-hybridized carbons (Fsp3) is 0.389. The molecule has 0 unspecified atom stereocenters. The second-order valence-electron chi connectivity index (χ2n) is 5.93. The molecule has 1 saturated carbocycles. The fourth-order valence-corrected chi connectivity index (χ4v) is 4.36. The highest BCUT2D eigenvalue weighted by molar-refractivity contribution is 7.99. The van der Waals surface area contributed by atoms with Crippen LogP contribution in [-0.4, -0.2) is 23.3 Å². The number of carbonyl (C=O) groups excluding carboxylic acids is 1. The topological polar surface area (TPSA) is 49.3 Å². The number of hydrogen-bond donors (Lipinski definition) is 2. The van der Waals surface area contributed by atoms with Crippen LogP contribution >= 0.6 is 23.1 Å². The van der Waals surface area contributed by atoms with E-state index in [9.17, 15) is 9.90 Å². The molecule has 0 aliphatic heterocycles. The molecule has 1 aromatic heterocycles. The number of amides is 1. The third kappa shape index (κ3) is 4.37. The molecule has 1 aromatic carbocycles. The van der Waals surface area contributed by atoms with Gasteiger partial charge < -0.3 is 10.4 Å². The zero-order chi connectivity index (χ0) is 16.1. The summed E-state index contributed by atoms with van der Waals surface area (Å²) in [6.07, 6.45) is 2.07. The lowest BCUT2D eigenvalue weighted by atomic mass is 9.95. The van der Waals surface area contributed by atoms with Gasteiger partial charge in [-0.25, -0.2) is 0 Å². The predicted molar refractivity (Wildman–Crippen MR) is 96.6 cm³/mol. The molecule has 1 fully saturated rings. The van der Waals surface area contributed by atoms with Crippen molar-refractivity contribution in [3.63, 3.8) is 0 Å². The van der Waals surface area contributed by atoms with E-state index in [1.165, 1.54) is 5.56 Å². The molecule has 1 heterocycles. The Labute approximate surface area is 145 Å². The molecule has 1 amide bonds. The lowest BCUT2D eigenvalue weighted by Gasteiger charge is -2.27. The van der Waals surface area contributed by atoms with Crippen LogP contribution < -0.4 is 5.32 Å². The largest absolute Gasteiger partial charge is 0.382 e. The second kappa shape index (κ2) is 7.51. The number of nitrogens with one attached hydrogen (secondary N) is 1. The van der Waals surface area contributed by atoms with Gasteiger partial charge in [-0.05, 0) is 35.8 Å². The summed E-state index contributed by atoms with van der Waals surface area (Å²) in [7, 11) is 0. The van der Waals surface area contributed by atoms with Crippen LogP contribution in [0.25, 0.3) is 0 Å². The van der Waals surface area contributed by atoms with Gasteiger partial charge in [0.1, 0.15) is 5.60 Å². The van der Waals surface area contributed by atoms with Gasteiger partial charge in [-0.15, -0.1) is 23.1 Å². The third-order valence-corrected chi connectivity index (χ3v) is 6.14. The van der Waals surface area contributed by atoms with Gasteiger partial charge in [0.05, 0.1) is 12.3 Å². The van der Waals surface area contributed by atoms with E-state index >= 15 is 0 Å². The standard InChI is InChI=1S/C18H21NO2S2/c20-17(12-22-11-14-5-2-1-3-6-14)19-13-18(21,15-8-9-15)16-7-4-10-23-16/h1-7,10,15,21H,8-9,11-13H2,(H,19,20)/t18-/m1/s1. The van der Waals surface area contributed by atoms with Crippen molar-refractivity contribution in [3.8, 4) is 0 Å². The molecule has 0 saturated heterocycles. The van der Waals surface area contributed by atoms with Gasteiger partial charge in [-0.3, -0.25) is 4.79 Å². The second-order valence-corrected chi connectivity index (χ2v) is 7.86. The normalized spacial score (nSPS) is 16.7. The quantitative estimate of drug-likeness (QED) is 0.769. The number of thioether (sulfide) groups is 1. The van der Waals surface area contributed by atoms with E-state index < -0.39 is 5.60 Å². The maximum absolute atomic E-state index is 12.1. The molecule has 1 atom stereocenters. The minimum absolute atomic E-state index is 0.0124. The molecule has 1 aliphatic carbocycles. The van der Waals surface area contributed by atoms with E-state index in [1.54, 1.807) is 23.1 Å². The van der Waals surface area contributed by atoms with E-state index in [2.05, 4.69) is 17.4 Å². The molecule has 3 nitrogen and oxygen atoms in total. The lowest BCUT2D eigenvalue weighted by molar-refractivity contribution is -0.120. The van der Waals surface area contributed by atoms with Crippen molar-refractivity contribution in [2.24, 2.45) is 5.92 Å². The molecule has 0 spiro atoms. The summed E-state index contributed by atoms with van der Waals surface area (Å²) in [5.41, 5.74) is 0.326. The molecule has 23 heavy (non-hydrogen) atoms. The molecule has 1 aliphatic rings. The van der Waals surface area contributed by atoms with E-state index in [0.29, 0.717) is 12.3 Å². The van der Waals surface area contributed by atoms with Gasteiger partial charge in [0.15, 0.2) is 0 Å². The number of benzene rings is 1. The van der Waals surface area contributed by atoms with E-state index in [-0.39, 0.29) is 11.8 Å². The summed E-state index contributed by atoms with van der Waals surface area (Å²) in [4.78, 5) is 13.0. The van der Waals surface area contributed by atoms with Crippen LogP contribution in [0.15, 0.2) is 47.8 Å². The minimum Gasteiger partial charge on any atom is -0.382 e. The van der Waals surface area contributed by atoms with Crippen molar-refractivity contribution in [2.75, 3.05) is 12.3 Å². The first-order valence-electron chi connectivity index (χ1n) is 7.83. The smallest absolute Gasteiger partial charge is 0.230 e. The Morgan fingerprint density at radius 1 is 1.26 bits per heavy atom. The van der Waals surface area contributed by atoms with Gasteiger partial charge in [0.25, 0.3) is 0 Å². The zero-order valence-electron chi connectivity index (χ0n) is 12.9. The summed E-state index contributed by atoms with van der Waals surface area (Å²) in [5.74, 6) is 1.51. The molecule has 122 valence electrons. The predicted octanol–water partition coefficient (Wildman–Crippen LogP) is 3.40. The Balaban J connectivity index is 1.46. The Bertz CT molecular complexity index is 626. The number of carbonyl (C=O) groups is 1. The molecule has 3 rings (SSSR count). The average molecular weight is 348 g/mol. The Kier molecular flexibility index (Phi) is 5.41. The van der Waals surface area contributed by atoms with Crippen molar-refractivity contribution in [1.82, 2.24) is 5.32 Å². The summed E-state index contributed by atoms with van der Waals surface area (Å²) >= 11 is 3.15. The van der Waals surface area contributed by atoms with Crippen LogP contribution in [0.1, 0.15) is 23.3 Å². The van der Waals surface area contributed by atoms with Crippen LogP contribution in [-0.2, 0) is 16.1 Å². The summed E-state index contributed by atoms with van der Waals surface area (Å²) in [6.45, 7) is 0.308. The fourth-order valence-electron chi connectivity index (χ4n) is 2.64. The maximum Gasteiger partial charge on any atom is 0.230 e. The highest BCUT2D eigenvalue weighted by Gasteiger charge is 2.45. The van der Waals surface area contributed by atoms with E-state index in [0.717, 1.165) is 23.5 Å². The van der Waals surface area contributed by atoms with Gasteiger partial charge in [0, 0.05) is 10.6 Å². The molecule has 2 N–H and O–H groups in total. The Hall–Kier alpha value is -1.30. The maximum atomic E-state index is 12.1. The first-order chi connectivity index (χ1) is 11.2. The van der Waals surface area contributed by atoms with Gasteiger partial charge in [-0.2, -0.15) is 0 Å². The SMILES string of the molecule is O=C(CSCc1ccccc1)NC[C@](O)(c1cccs1)C1CC1. The average Bonchev–Trinajstić information content (AvgIpc) is 3.29. The minimum atomic E-state index is -0.895. The monoisotopic (exact) mass is 347 g/mol.